The van der Waals surface area contributed by atoms with Gasteiger partial charge in [0.2, 0.25) is 0 Å². The first-order chi connectivity index (χ1) is 9.80. The summed E-state index contributed by atoms with van der Waals surface area (Å²) in [5, 5.41) is 9.70. The minimum atomic E-state index is 0.508. The molecule has 1 aromatic heterocycles. The highest BCUT2D eigenvalue weighted by molar-refractivity contribution is 7.99. The molecule has 1 heterocycles. The Morgan fingerprint density at radius 2 is 2.05 bits per heavy atom. The van der Waals surface area contributed by atoms with E-state index in [4.69, 9.17) is 5.10 Å². The molecule has 0 aliphatic heterocycles. The van der Waals surface area contributed by atoms with E-state index >= 15 is 0 Å². The fourth-order valence-corrected chi connectivity index (χ4v) is 3.32. The smallest absolute Gasteiger partial charge is 0.0719 e. The molecule has 4 heteroatoms. The Labute approximate surface area is 126 Å². The third-order valence-corrected chi connectivity index (χ3v) is 4.54. The van der Waals surface area contributed by atoms with E-state index in [1.54, 1.807) is 0 Å². The van der Waals surface area contributed by atoms with Crippen molar-refractivity contribution in [1.29, 1.82) is 0 Å². The standard InChI is InChI=1S/C16H25N3S/c1-4-17-13(12-20-6-3)11-15-14-9-7-8-10-16(14)19(5-2)18-15/h7-10,13,17H,4-6,11-12H2,1-3H3. The Morgan fingerprint density at radius 3 is 2.75 bits per heavy atom. The highest BCUT2D eigenvalue weighted by Gasteiger charge is 2.14. The first-order valence-corrected chi connectivity index (χ1v) is 8.71. The Kier molecular flexibility index (Phi) is 5.92. The van der Waals surface area contributed by atoms with Crippen molar-refractivity contribution in [1.82, 2.24) is 15.1 Å². The zero-order chi connectivity index (χ0) is 14.4. The quantitative estimate of drug-likeness (QED) is 0.809. The van der Waals surface area contributed by atoms with Gasteiger partial charge in [0.25, 0.3) is 0 Å². The molecule has 0 amide bonds. The molecule has 2 aromatic rings. The molecule has 0 spiro atoms. The van der Waals surface area contributed by atoms with E-state index in [2.05, 4.69) is 55.0 Å². The number of thioether (sulfide) groups is 1. The van der Waals surface area contributed by atoms with Crippen LogP contribution in [0.4, 0.5) is 0 Å². The summed E-state index contributed by atoms with van der Waals surface area (Å²) in [7, 11) is 0. The van der Waals surface area contributed by atoms with Gasteiger partial charge in [-0.25, -0.2) is 0 Å². The molecule has 1 N–H and O–H groups in total. The van der Waals surface area contributed by atoms with E-state index in [-0.39, 0.29) is 0 Å². The van der Waals surface area contributed by atoms with E-state index in [1.165, 1.54) is 22.3 Å². The Morgan fingerprint density at radius 1 is 1.25 bits per heavy atom. The number of rotatable bonds is 8. The van der Waals surface area contributed by atoms with Crippen molar-refractivity contribution >= 4 is 22.7 Å². The van der Waals surface area contributed by atoms with Gasteiger partial charge in [-0.05, 0) is 25.3 Å². The molecular weight excluding hydrogens is 266 g/mol. The lowest BCUT2D eigenvalue weighted by molar-refractivity contribution is 0.559. The molecular formula is C16H25N3S. The molecule has 0 fully saturated rings. The van der Waals surface area contributed by atoms with Crippen LogP contribution in [0.1, 0.15) is 26.5 Å². The highest BCUT2D eigenvalue weighted by atomic mass is 32.2. The molecule has 1 atom stereocenters. The lowest BCUT2D eigenvalue weighted by atomic mass is 10.1. The van der Waals surface area contributed by atoms with Gasteiger partial charge in [-0.2, -0.15) is 16.9 Å². The predicted molar refractivity (Wildman–Crippen MR) is 89.6 cm³/mol. The number of nitrogens with zero attached hydrogens (tertiary/aromatic N) is 2. The molecule has 110 valence electrons. The summed E-state index contributed by atoms with van der Waals surface area (Å²) in [5.74, 6) is 2.32. The lowest BCUT2D eigenvalue weighted by Crippen LogP contribution is -2.33. The maximum atomic E-state index is 4.81. The number of aryl methyl sites for hydroxylation is 1. The van der Waals surface area contributed by atoms with Crippen LogP contribution in [0.25, 0.3) is 10.9 Å². The minimum Gasteiger partial charge on any atom is -0.313 e. The van der Waals surface area contributed by atoms with Crippen molar-refractivity contribution in [2.75, 3.05) is 18.1 Å². The molecule has 0 aliphatic rings. The van der Waals surface area contributed by atoms with Crippen LogP contribution in [0.15, 0.2) is 24.3 Å². The number of hydrogen-bond donors (Lipinski definition) is 1. The first kappa shape index (κ1) is 15.4. The van der Waals surface area contributed by atoms with Crippen LogP contribution in [0.5, 0.6) is 0 Å². The van der Waals surface area contributed by atoms with Crippen LogP contribution >= 0.6 is 11.8 Å². The summed E-state index contributed by atoms with van der Waals surface area (Å²) < 4.78 is 2.11. The summed E-state index contributed by atoms with van der Waals surface area (Å²) in [6.45, 7) is 8.48. The maximum Gasteiger partial charge on any atom is 0.0719 e. The average molecular weight is 291 g/mol. The van der Waals surface area contributed by atoms with Crippen molar-refractivity contribution in [2.45, 2.75) is 39.8 Å². The van der Waals surface area contributed by atoms with Crippen molar-refractivity contribution in [3.8, 4) is 0 Å². The number of fused-ring (bicyclic) bond motifs is 1. The average Bonchev–Trinajstić information content (AvgIpc) is 2.83. The van der Waals surface area contributed by atoms with E-state index in [9.17, 15) is 0 Å². The number of para-hydroxylation sites is 1. The summed E-state index contributed by atoms with van der Waals surface area (Å²) in [6.07, 6.45) is 1.01. The summed E-state index contributed by atoms with van der Waals surface area (Å²) >= 11 is 2.00. The third-order valence-electron chi connectivity index (χ3n) is 3.49. The number of aromatic nitrogens is 2. The Hall–Kier alpha value is -1.00. The normalized spacial score (nSPS) is 12.9. The summed E-state index contributed by atoms with van der Waals surface area (Å²) in [4.78, 5) is 0. The third kappa shape index (κ3) is 3.55. The number of likely N-dealkylation sites (N-methyl/N-ethyl adjacent to an activating group) is 1. The summed E-state index contributed by atoms with van der Waals surface area (Å²) in [6, 6.07) is 9.07. The molecule has 20 heavy (non-hydrogen) atoms. The SMILES string of the molecule is CCNC(CSCC)Cc1nn(CC)c2ccccc12. The van der Waals surface area contributed by atoms with Crippen LogP contribution in [-0.2, 0) is 13.0 Å². The molecule has 0 aliphatic carbocycles. The van der Waals surface area contributed by atoms with Crippen molar-refractivity contribution in [3.05, 3.63) is 30.0 Å². The molecule has 3 nitrogen and oxygen atoms in total. The van der Waals surface area contributed by atoms with Gasteiger partial charge in [0, 0.05) is 30.1 Å². The molecule has 0 saturated carbocycles. The van der Waals surface area contributed by atoms with Crippen LogP contribution in [0.3, 0.4) is 0 Å². The van der Waals surface area contributed by atoms with Gasteiger partial charge in [0.1, 0.15) is 0 Å². The zero-order valence-corrected chi connectivity index (χ0v) is 13.5. The number of hydrogen-bond acceptors (Lipinski definition) is 3. The molecule has 0 radical (unpaired) electrons. The molecule has 1 aromatic carbocycles. The monoisotopic (exact) mass is 291 g/mol. The highest BCUT2D eigenvalue weighted by Crippen LogP contribution is 2.20. The summed E-state index contributed by atoms with van der Waals surface area (Å²) in [5.41, 5.74) is 2.48. The van der Waals surface area contributed by atoms with Crippen molar-refractivity contribution < 1.29 is 0 Å². The Balaban J connectivity index is 2.22. The molecule has 0 saturated heterocycles. The van der Waals surface area contributed by atoms with Gasteiger partial charge in [0.05, 0.1) is 11.2 Å². The van der Waals surface area contributed by atoms with Crippen LogP contribution in [-0.4, -0.2) is 33.9 Å². The molecule has 2 rings (SSSR count). The van der Waals surface area contributed by atoms with Gasteiger partial charge >= 0.3 is 0 Å². The van der Waals surface area contributed by atoms with Gasteiger partial charge < -0.3 is 5.32 Å². The largest absolute Gasteiger partial charge is 0.313 e. The van der Waals surface area contributed by atoms with Gasteiger partial charge in [-0.3, -0.25) is 4.68 Å². The van der Waals surface area contributed by atoms with E-state index in [0.717, 1.165) is 25.3 Å². The second-order valence-corrected chi connectivity index (χ2v) is 6.22. The van der Waals surface area contributed by atoms with E-state index in [0.29, 0.717) is 6.04 Å². The molecule has 0 bridgehead atoms. The van der Waals surface area contributed by atoms with Crippen LogP contribution in [0.2, 0.25) is 0 Å². The van der Waals surface area contributed by atoms with Gasteiger partial charge in [0.15, 0.2) is 0 Å². The zero-order valence-electron chi connectivity index (χ0n) is 12.7. The van der Waals surface area contributed by atoms with Crippen LogP contribution in [0, 0.1) is 0 Å². The van der Waals surface area contributed by atoms with Crippen molar-refractivity contribution in [3.63, 3.8) is 0 Å². The van der Waals surface area contributed by atoms with Crippen molar-refractivity contribution in [2.24, 2.45) is 0 Å². The maximum absolute atomic E-state index is 4.81. The Bertz CT molecular complexity index is 536. The number of benzene rings is 1. The van der Waals surface area contributed by atoms with E-state index < -0.39 is 0 Å². The second-order valence-electron chi connectivity index (χ2n) is 4.90. The second kappa shape index (κ2) is 7.70. The van der Waals surface area contributed by atoms with E-state index in [1.807, 2.05) is 11.8 Å². The number of nitrogens with one attached hydrogen (secondary N) is 1. The van der Waals surface area contributed by atoms with Crippen LogP contribution < -0.4 is 5.32 Å². The fourth-order valence-electron chi connectivity index (χ4n) is 2.56. The predicted octanol–water partition coefficient (Wildman–Crippen LogP) is 3.33. The molecule has 1 unspecified atom stereocenters. The first-order valence-electron chi connectivity index (χ1n) is 7.55. The minimum absolute atomic E-state index is 0.508. The van der Waals surface area contributed by atoms with Gasteiger partial charge in [-0.15, -0.1) is 0 Å². The topological polar surface area (TPSA) is 29.9 Å². The lowest BCUT2D eigenvalue weighted by Gasteiger charge is -2.16. The van der Waals surface area contributed by atoms with Gasteiger partial charge in [-0.1, -0.05) is 32.0 Å². The fraction of sp³-hybridized carbons (Fsp3) is 0.562.